The molecule has 2 fully saturated rings. The standard InChI is InChI=1S/C15H19NO3S/c17-14(7-11-6-9-1-2-10(11)5-9)16-8-12-3-4-13(20-12)15(18)19/h3-4,9-11H,1-2,5-8H2,(H,16,17)(H,18,19). The quantitative estimate of drug-likeness (QED) is 0.877. The van der Waals surface area contributed by atoms with Gasteiger partial charge in [0, 0.05) is 11.3 Å². The van der Waals surface area contributed by atoms with Gasteiger partial charge in [-0.2, -0.15) is 0 Å². The number of thiophene rings is 1. The molecule has 108 valence electrons. The van der Waals surface area contributed by atoms with Crippen molar-refractivity contribution in [1.82, 2.24) is 5.32 Å². The molecule has 0 aliphatic heterocycles. The minimum atomic E-state index is -0.908. The third-order valence-corrected chi connectivity index (χ3v) is 5.74. The molecule has 2 aliphatic rings. The van der Waals surface area contributed by atoms with Crippen LogP contribution in [0.1, 0.15) is 46.7 Å². The normalized spacial score (nSPS) is 27.7. The van der Waals surface area contributed by atoms with Gasteiger partial charge in [0.15, 0.2) is 0 Å². The van der Waals surface area contributed by atoms with E-state index in [9.17, 15) is 9.59 Å². The lowest BCUT2D eigenvalue weighted by Gasteiger charge is -2.20. The molecule has 2 aliphatic carbocycles. The Labute approximate surface area is 122 Å². The second kappa shape index (κ2) is 5.56. The number of fused-ring (bicyclic) bond motifs is 2. The summed E-state index contributed by atoms with van der Waals surface area (Å²) in [5, 5.41) is 11.8. The van der Waals surface area contributed by atoms with Gasteiger partial charge < -0.3 is 10.4 Å². The lowest BCUT2D eigenvalue weighted by atomic mass is 9.86. The summed E-state index contributed by atoms with van der Waals surface area (Å²) in [4.78, 5) is 24.0. The maximum Gasteiger partial charge on any atom is 0.345 e. The lowest BCUT2D eigenvalue weighted by molar-refractivity contribution is -0.122. The second-order valence-electron chi connectivity index (χ2n) is 5.99. The molecule has 20 heavy (non-hydrogen) atoms. The van der Waals surface area contributed by atoms with Crippen molar-refractivity contribution in [2.45, 2.75) is 38.6 Å². The number of amides is 1. The topological polar surface area (TPSA) is 66.4 Å². The number of carbonyl (C=O) groups is 2. The molecule has 3 unspecified atom stereocenters. The van der Waals surface area contributed by atoms with E-state index in [1.807, 2.05) is 0 Å². The van der Waals surface area contributed by atoms with Crippen molar-refractivity contribution in [3.63, 3.8) is 0 Å². The molecule has 3 rings (SSSR count). The number of hydrogen-bond donors (Lipinski definition) is 2. The van der Waals surface area contributed by atoms with Gasteiger partial charge in [-0.25, -0.2) is 4.79 Å². The molecule has 1 heterocycles. The SMILES string of the molecule is O=C(CC1CC2CCC1C2)NCc1ccc(C(=O)O)s1. The fraction of sp³-hybridized carbons (Fsp3) is 0.600. The van der Waals surface area contributed by atoms with Crippen LogP contribution in [-0.2, 0) is 11.3 Å². The molecule has 5 heteroatoms. The first kappa shape index (κ1) is 13.6. The average molecular weight is 293 g/mol. The molecule has 1 aromatic rings. The maximum atomic E-state index is 12.0. The smallest absolute Gasteiger partial charge is 0.345 e. The Morgan fingerprint density at radius 1 is 1.30 bits per heavy atom. The molecule has 0 aromatic carbocycles. The van der Waals surface area contributed by atoms with E-state index in [0.717, 1.165) is 16.7 Å². The third-order valence-electron chi connectivity index (χ3n) is 4.66. The molecule has 0 saturated heterocycles. The van der Waals surface area contributed by atoms with Gasteiger partial charge in [0.25, 0.3) is 0 Å². The summed E-state index contributed by atoms with van der Waals surface area (Å²) in [6.45, 7) is 0.442. The molecule has 1 aromatic heterocycles. The van der Waals surface area contributed by atoms with Crippen LogP contribution in [0.25, 0.3) is 0 Å². The van der Waals surface area contributed by atoms with Crippen LogP contribution in [-0.4, -0.2) is 17.0 Å². The van der Waals surface area contributed by atoms with E-state index in [4.69, 9.17) is 5.11 Å². The van der Waals surface area contributed by atoms with E-state index in [2.05, 4.69) is 5.32 Å². The first-order chi connectivity index (χ1) is 9.61. The third kappa shape index (κ3) is 2.87. The minimum Gasteiger partial charge on any atom is -0.477 e. The highest BCUT2D eigenvalue weighted by Crippen LogP contribution is 2.49. The van der Waals surface area contributed by atoms with E-state index in [1.165, 1.54) is 37.0 Å². The number of carboxylic acids is 1. The molecule has 2 saturated carbocycles. The number of carboxylic acid groups (broad SMARTS) is 1. The van der Waals surface area contributed by atoms with Crippen molar-refractivity contribution in [2.24, 2.45) is 17.8 Å². The molecule has 0 radical (unpaired) electrons. The number of carbonyl (C=O) groups excluding carboxylic acids is 1. The first-order valence-electron chi connectivity index (χ1n) is 7.20. The van der Waals surface area contributed by atoms with Gasteiger partial charge in [0.2, 0.25) is 5.91 Å². The van der Waals surface area contributed by atoms with Crippen LogP contribution in [0.15, 0.2) is 12.1 Å². The highest BCUT2D eigenvalue weighted by molar-refractivity contribution is 7.13. The molecular weight excluding hydrogens is 274 g/mol. The van der Waals surface area contributed by atoms with Crippen LogP contribution >= 0.6 is 11.3 Å². The molecular formula is C15H19NO3S. The zero-order valence-corrected chi connectivity index (χ0v) is 12.1. The van der Waals surface area contributed by atoms with Gasteiger partial charge in [-0.05, 0) is 49.1 Å². The summed E-state index contributed by atoms with van der Waals surface area (Å²) in [6, 6.07) is 3.36. The average Bonchev–Trinajstić information content (AvgIpc) is 3.12. The van der Waals surface area contributed by atoms with E-state index in [1.54, 1.807) is 12.1 Å². The van der Waals surface area contributed by atoms with Crippen molar-refractivity contribution < 1.29 is 14.7 Å². The Morgan fingerprint density at radius 2 is 2.15 bits per heavy atom. The van der Waals surface area contributed by atoms with Crippen molar-refractivity contribution >= 4 is 23.2 Å². The predicted molar refractivity (Wildman–Crippen MR) is 76.7 cm³/mol. The van der Waals surface area contributed by atoms with Gasteiger partial charge in [0.1, 0.15) is 4.88 Å². The summed E-state index contributed by atoms with van der Waals surface area (Å²) in [5.41, 5.74) is 0. The van der Waals surface area contributed by atoms with E-state index < -0.39 is 5.97 Å². The van der Waals surface area contributed by atoms with Gasteiger partial charge in [-0.15, -0.1) is 11.3 Å². The summed E-state index contributed by atoms with van der Waals surface area (Å²) in [7, 11) is 0. The lowest BCUT2D eigenvalue weighted by Crippen LogP contribution is -2.26. The number of hydrogen-bond acceptors (Lipinski definition) is 3. The van der Waals surface area contributed by atoms with Crippen LogP contribution in [0.2, 0.25) is 0 Å². The summed E-state index contributed by atoms with van der Waals surface area (Å²) in [5.74, 6) is 1.41. The summed E-state index contributed by atoms with van der Waals surface area (Å²) >= 11 is 1.22. The molecule has 2 N–H and O–H groups in total. The van der Waals surface area contributed by atoms with E-state index in [0.29, 0.717) is 23.8 Å². The number of rotatable bonds is 5. The molecule has 3 atom stereocenters. The fourth-order valence-electron chi connectivity index (χ4n) is 3.71. The predicted octanol–water partition coefficient (Wildman–Crippen LogP) is 2.89. The monoisotopic (exact) mass is 293 g/mol. The number of aromatic carboxylic acids is 1. The maximum absolute atomic E-state index is 12.0. The number of nitrogens with one attached hydrogen (secondary N) is 1. The van der Waals surface area contributed by atoms with E-state index in [-0.39, 0.29) is 5.91 Å². The highest BCUT2D eigenvalue weighted by Gasteiger charge is 2.39. The Hall–Kier alpha value is -1.36. The second-order valence-corrected chi connectivity index (χ2v) is 7.16. The van der Waals surface area contributed by atoms with Crippen molar-refractivity contribution in [3.8, 4) is 0 Å². The van der Waals surface area contributed by atoms with Crippen LogP contribution < -0.4 is 5.32 Å². The first-order valence-corrected chi connectivity index (χ1v) is 8.02. The highest BCUT2D eigenvalue weighted by atomic mass is 32.1. The van der Waals surface area contributed by atoms with Crippen molar-refractivity contribution in [3.05, 3.63) is 21.9 Å². The molecule has 1 amide bonds. The van der Waals surface area contributed by atoms with Gasteiger partial charge in [-0.1, -0.05) is 6.42 Å². The minimum absolute atomic E-state index is 0.104. The Morgan fingerprint density at radius 3 is 2.75 bits per heavy atom. The molecule has 2 bridgehead atoms. The zero-order valence-electron chi connectivity index (χ0n) is 11.3. The van der Waals surface area contributed by atoms with Crippen LogP contribution in [0.4, 0.5) is 0 Å². The fourth-order valence-corrected chi connectivity index (χ4v) is 4.50. The van der Waals surface area contributed by atoms with Gasteiger partial charge >= 0.3 is 5.97 Å². The van der Waals surface area contributed by atoms with Crippen LogP contribution in [0.5, 0.6) is 0 Å². The summed E-state index contributed by atoms with van der Waals surface area (Å²) < 4.78 is 0. The van der Waals surface area contributed by atoms with Crippen LogP contribution in [0.3, 0.4) is 0 Å². The van der Waals surface area contributed by atoms with Crippen molar-refractivity contribution in [1.29, 1.82) is 0 Å². The Balaban J connectivity index is 1.46. The Kier molecular flexibility index (Phi) is 3.78. The molecule has 4 nitrogen and oxygen atoms in total. The largest absolute Gasteiger partial charge is 0.477 e. The van der Waals surface area contributed by atoms with Crippen LogP contribution in [0, 0.1) is 17.8 Å². The van der Waals surface area contributed by atoms with Gasteiger partial charge in [0.05, 0.1) is 6.54 Å². The zero-order chi connectivity index (χ0) is 14.1. The van der Waals surface area contributed by atoms with Gasteiger partial charge in [-0.3, -0.25) is 4.79 Å². The summed E-state index contributed by atoms with van der Waals surface area (Å²) in [6.07, 6.45) is 5.84. The Bertz CT molecular complexity index is 525. The van der Waals surface area contributed by atoms with Crippen molar-refractivity contribution in [2.75, 3.05) is 0 Å². The molecule has 0 spiro atoms. The van der Waals surface area contributed by atoms with E-state index >= 15 is 0 Å².